The molecule has 2 amide bonds. The number of methoxy groups -OCH3 is 1. The smallest absolute Gasteiger partial charge is 0.222 e. The van der Waals surface area contributed by atoms with E-state index in [1.165, 1.54) is 0 Å². The van der Waals surface area contributed by atoms with Gasteiger partial charge in [-0.15, -0.1) is 0 Å². The summed E-state index contributed by atoms with van der Waals surface area (Å²) in [5.74, 6) is 1.83. The first kappa shape index (κ1) is 23.4. The number of piperidine rings is 1. The minimum atomic E-state index is -0.365. The first-order valence-corrected chi connectivity index (χ1v) is 12.0. The van der Waals surface area contributed by atoms with E-state index in [0.717, 1.165) is 36.3 Å². The Morgan fingerprint density at radius 1 is 1.09 bits per heavy atom. The van der Waals surface area contributed by atoms with Gasteiger partial charge in [0.15, 0.2) is 0 Å². The first-order chi connectivity index (χ1) is 15.9. The van der Waals surface area contributed by atoms with Crippen molar-refractivity contribution in [1.29, 1.82) is 0 Å². The molecular weight excluding hydrogens is 440 g/mol. The van der Waals surface area contributed by atoms with Crippen LogP contribution in [0.3, 0.4) is 0 Å². The van der Waals surface area contributed by atoms with Gasteiger partial charge in [-0.1, -0.05) is 23.7 Å². The van der Waals surface area contributed by atoms with Crippen molar-refractivity contribution in [3.63, 3.8) is 0 Å². The van der Waals surface area contributed by atoms with Gasteiger partial charge in [-0.25, -0.2) is 0 Å². The molecule has 0 radical (unpaired) electrons. The lowest BCUT2D eigenvalue weighted by atomic mass is 9.85. The maximum Gasteiger partial charge on any atom is 0.222 e. The van der Waals surface area contributed by atoms with Crippen LogP contribution < -0.4 is 14.8 Å². The van der Waals surface area contributed by atoms with Crippen LogP contribution in [0, 0.1) is 0 Å². The summed E-state index contributed by atoms with van der Waals surface area (Å²) in [7, 11) is 1.64. The van der Waals surface area contributed by atoms with Gasteiger partial charge in [0, 0.05) is 49.3 Å². The molecule has 2 aromatic carbocycles. The zero-order valence-corrected chi connectivity index (χ0v) is 19.8. The summed E-state index contributed by atoms with van der Waals surface area (Å²) < 4.78 is 11.3. The fourth-order valence-electron chi connectivity index (χ4n) is 4.75. The second-order valence-corrected chi connectivity index (χ2v) is 9.44. The third-order valence-corrected chi connectivity index (χ3v) is 6.92. The van der Waals surface area contributed by atoms with Crippen LogP contribution in [0.1, 0.15) is 44.1 Å². The molecule has 2 aliphatic rings. The number of likely N-dealkylation sites (tertiary alicyclic amines) is 1. The normalized spacial score (nSPS) is 21.0. The van der Waals surface area contributed by atoms with E-state index >= 15 is 0 Å². The molecule has 0 spiro atoms. The molecule has 0 unspecified atom stereocenters. The van der Waals surface area contributed by atoms with Crippen LogP contribution in [-0.4, -0.2) is 48.6 Å². The van der Waals surface area contributed by atoms with E-state index in [9.17, 15) is 9.59 Å². The van der Waals surface area contributed by atoms with Gasteiger partial charge >= 0.3 is 0 Å². The highest BCUT2D eigenvalue weighted by atomic mass is 35.5. The number of rotatable bonds is 8. The van der Waals surface area contributed by atoms with Crippen LogP contribution in [0.5, 0.6) is 11.5 Å². The number of halogens is 1. The molecule has 33 heavy (non-hydrogen) atoms. The second-order valence-electron chi connectivity index (χ2n) is 9.01. The number of carbonyl (C=O) groups excluding carboxylic acids is 2. The molecule has 0 aromatic heterocycles. The Morgan fingerprint density at radius 3 is 2.36 bits per heavy atom. The average Bonchev–Trinajstić information content (AvgIpc) is 3.20. The van der Waals surface area contributed by atoms with E-state index in [4.69, 9.17) is 21.1 Å². The van der Waals surface area contributed by atoms with Gasteiger partial charge in [-0.05, 0) is 61.2 Å². The molecule has 1 atom stereocenters. The average molecular weight is 471 g/mol. The molecule has 6 nitrogen and oxygen atoms in total. The summed E-state index contributed by atoms with van der Waals surface area (Å²) in [5.41, 5.74) is 0.752. The fourth-order valence-corrected chi connectivity index (χ4v) is 4.88. The lowest BCUT2D eigenvalue weighted by molar-refractivity contribution is -0.133. The first-order valence-electron chi connectivity index (χ1n) is 11.6. The molecule has 1 N–H and O–H groups in total. The molecule has 0 aliphatic carbocycles. The molecule has 2 heterocycles. The monoisotopic (exact) mass is 470 g/mol. The van der Waals surface area contributed by atoms with Gasteiger partial charge in [-0.3, -0.25) is 9.59 Å². The molecule has 2 aromatic rings. The zero-order valence-electron chi connectivity index (χ0n) is 19.0. The van der Waals surface area contributed by atoms with Crippen molar-refractivity contribution in [3.8, 4) is 11.5 Å². The predicted molar refractivity (Wildman–Crippen MR) is 128 cm³/mol. The maximum absolute atomic E-state index is 13.0. The third kappa shape index (κ3) is 6.20. The lowest BCUT2D eigenvalue weighted by Gasteiger charge is -2.34. The predicted octanol–water partition coefficient (Wildman–Crippen LogP) is 4.39. The highest BCUT2D eigenvalue weighted by molar-refractivity contribution is 6.30. The Labute approximate surface area is 200 Å². The second kappa shape index (κ2) is 10.5. The lowest BCUT2D eigenvalue weighted by Crippen LogP contribution is -2.46. The summed E-state index contributed by atoms with van der Waals surface area (Å²) in [6.45, 7) is 1.38. The number of benzene rings is 2. The minimum Gasteiger partial charge on any atom is -0.497 e. The SMILES string of the molecule is COc1ccc(OC2CCN(C(=O)CC[C@@]3(Cc4ccc(Cl)cc4)CCC(=O)N3)CC2)cc1. The van der Waals surface area contributed by atoms with Crippen molar-refractivity contribution >= 4 is 23.4 Å². The van der Waals surface area contributed by atoms with Crippen molar-refractivity contribution in [2.75, 3.05) is 20.2 Å². The largest absolute Gasteiger partial charge is 0.497 e. The van der Waals surface area contributed by atoms with Crippen molar-refractivity contribution in [1.82, 2.24) is 10.2 Å². The topological polar surface area (TPSA) is 67.9 Å². The number of hydrogen-bond acceptors (Lipinski definition) is 4. The molecule has 2 aliphatic heterocycles. The Morgan fingerprint density at radius 2 is 1.76 bits per heavy atom. The molecular formula is C26H31ClN2O4. The number of hydrogen-bond donors (Lipinski definition) is 1. The van der Waals surface area contributed by atoms with Gasteiger partial charge in [0.1, 0.15) is 17.6 Å². The number of ether oxygens (including phenoxy) is 2. The van der Waals surface area contributed by atoms with Crippen LogP contribution in [0.2, 0.25) is 5.02 Å². The van der Waals surface area contributed by atoms with Gasteiger partial charge in [0.2, 0.25) is 11.8 Å². The Balaban J connectivity index is 1.27. The third-order valence-electron chi connectivity index (χ3n) is 6.67. The molecule has 0 bridgehead atoms. The molecule has 2 fully saturated rings. The summed E-state index contributed by atoms with van der Waals surface area (Å²) in [5, 5.41) is 3.85. The van der Waals surface area contributed by atoms with Crippen molar-refractivity contribution in [3.05, 3.63) is 59.1 Å². The van der Waals surface area contributed by atoms with Crippen molar-refractivity contribution < 1.29 is 19.1 Å². The van der Waals surface area contributed by atoms with Gasteiger partial charge < -0.3 is 19.7 Å². The van der Waals surface area contributed by atoms with Gasteiger partial charge in [0.05, 0.1) is 7.11 Å². The van der Waals surface area contributed by atoms with E-state index in [2.05, 4.69) is 5.32 Å². The highest BCUT2D eigenvalue weighted by Gasteiger charge is 2.38. The van der Waals surface area contributed by atoms with E-state index in [0.29, 0.717) is 43.8 Å². The van der Waals surface area contributed by atoms with E-state index < -0.39 is 0 Å². The summed E-state index contributed by atoms with van der Waals surface area (Å²) in [6, 6.07) is 15.3. The minimum absolute atomic E-state index is 0.0629. The highest BCUT2D eigenvalue weighted by Crippen LogP contribution is 2.31. The summed E-state index contributed by atoms with van der Waals surface area (Å²) in [4.78, 5) is 26.9. The maximum atomic E-state index is 13.0. The van der Waals surface area contributed by atoms with Crippen LogP contribution >= 0.6 is 11.6 Å². The number of nitrogens with zero attached hydrogens (tertiary/aromatic N) is 1. The quantitative estimate of drug-likeness (QED) is 0.621. The van der Waals surface area contributed by atoms with Crippen LogP contribution in [-0.2, 0) is 16.0 Å². The Bertz CT molecular complexity index is 955. The summed E-state index contributed by atoms with van der Waals surface area (Å²) >= 11 is 6.01. The number of carbonyl (C=O) groups is 2. The molecule has 2 saturated heterocycles. The fraction of sp³-hybridized carbons (Fsp3) is 0.462. The van der Waals surface area contributed by atoms with Crippen LogP contribution in [0.4, 0.5) is 0 Å². The van der Waals surface area contributed by atoms with Gasteiger partial charge in [-0.2, -0.15) is 0 Å². The Hall–Kier alpha value is -2.73. The van der Waals surface area contributed by atoms with Crippen LogP contribution in [0.25, 0.3) is 0 Å². The Kier molecular flexibility index (Phi) is 7.43. The standard InChI is InChI=1S/C26H31ClN2O4/c1-32-21-6-8-22(9-7-21)33-23-12-16-29(17-13-23)25(31)11-15-26(14-10-24(30)28-26)18-19-2-4-20(27)5-3-19/h2-9,23H,10-18H2,1H3,(H,28,30)/t26-/m1/s1. The number of nitrogens with one attached hydrogen (secondary N) is 1. The number of amides is 2. The van der Waals surface area contributed by atoms with Gasteiger partial charge in [0.25, 0.3) is 0 Å². The van der Waals surface area contributed by atoms with E-state index in [-0.39, 0.29) is 23.5 Å². The van der Waals surface area contributed by atoms with E-state index in [1.54, 1.807) is 7.11 Å². The molecule has 176 valence electrons. The van der Waals surface area contributed by atoms with Crippen molar-refractivity contribution in [2.24, 2.45) is 0 Å². The molecule has 4 rings (SSSR count). The van der Waals surface area contributed by atoms with Crippen LogP contribution in [0.15, 0.2) is 48.5 Å². The van der Waals surface area contributed by atoms with Crippen molar-refractivity contribution in [2.45, 2.75) is 56.6 Å². The molecule has 0 saturated carbocycles. The van der Waals surface area contributed by atoms with E-state index in [1.807, 2.05) is 53.4 Å². The molecule has 7 heteroatoms. The summed E-state index contributed by atoms with van der Waals surface area (Å²) in [6.07, 6.45) is 4.76. The zero-order chi connectivity index (χ0) is 23.3.